The molecule has 0 aliphatic heterocycles. The van der Waals surface area contributed by atoms with Gasteiger partial charge in [-0.15, -0.1) is 0 Å². The molecule has 2 atom stereocenters. The van der Waals surface area contributed by atoms with Crippen LogP contribution in [0.25, 0.3) is 0 Å². The van der Waals surface area contributed by atoms with Crippen molar-refractivity contribution in [2.45, 2.75) is 168 Å². The molecule has 0 bridgehead atoms. The summed E-state index contributed by atoms with van der Waals surface area (Å²) in [7, 11) is 0. The van der Waals surface area contributed by atoms with Gasteiger partial charge < -0.3 is 25.2 Å². The first kappa shape index (κ1) is 39.3. The summed E-state index contributed by atoms with van der Waals surface area (Å²) < 4.78 is 6.62. The Morgan fingerprint density at radius 3 is 0.914 bits per heavy atom. The van der Waals surface area contributed by atoms with E-state index in [9.17, 15) is 0 Å². The normalized spacial score (nSPS) is 12.3. The maximum atomic E-state index is 7.62. The molecule has 0 rings (SSSR count). The minimum atomic E-state index is -0.125. The molecular weight excluding hydrogens is 440 g/mol. The predicted molar refractivity (Wildman–Crippen MR) is 152 cm³/mol. The Labute approximate surface area is 220 Å². The van der Waals surface area contributed by atoms with Gasteiger partial charge in [0, 0.05) is 0 Å². The highest BCUT2D eigenvalue weighted by atomic mass is 16.5. The van der Waals surface area contributed by atoms with E-state index in [0.717, 1.165) is 0 Å². The number of aliphatic hydroxyl groups is 4. The highest BCUT2D eigenvalue weighted by molar-refractivity contribution is 4.65. The number of unbranched alkanes of at least 4 members (excludes halogenated alkanes) is 12. The lowest BCUT2D eigenvalue weighted by molar-refractivity contribution is -0.0308. The van der Waals surface area contributed by atoms with Gasteiger partial charge in [0.05, 0.1) is 38.6 Å². The van der Waals surface area contributed by atoms with Crippen molar-refractivity contribution in [1.82, 2.24) is 0 Å². The SMILES string of the molecule is CCCCCCCCCC(CCC)OC(CCC)CCCCCCCCC.OCCO.OCCO. The van der Waals surface area contributed by atoms with Gasteiger partial charge in [0.1, 0.15) is 0 Å². The van der Waals surface area contributed by atoms with E-state index >= 15 is 0 Å². The van der Waals surface area contributed by atoms with Gasteiger partial charge in [0.2, 0.25) is 0 Å². The van der Waals surface area contributed by atoms with Crippen molar-refractivity contribution in [3.63, 3.8) is 0 Å². The Morgan fingerprint density at radius 2 is 0.657 bits per heavy atom. The third kappa shape index (κ3) is 38.5. The Morgan fingerprint density at radius 1 is 0.371 bits per heavy atom. The second kappa shape index (κ2) is 38.3. The largest absolute Gasteiger partial charge is 0.394 e. The standard InChI is InChI=1S/C26H54O.2C2H6O2/c1-5-9-11-13-15-17-19-23-25(21-7-3)27-26(22-8-4)24-20-18-16-14-12-10-6-2;2*3-1-2-4/h25-26H,5-24H2,1-4H3;2*3-4H,1-2H2. The van der Waals surface area contributed by atoms with Crippen LogP contribution in [0.1, 0.15) is 156 Å². The molecular formula is C30H66O5. The first-order valence-electron chi connectivity index (χ1n) is 15.2. The van der Waals surface area contributed by atoms with Crippen molar-refractivity contribution >= 4 is 0 Å². The minimum Gasteiger partial charge on any atom is -0.394 e. The highest BCUT2D eigenvalue weighted by Gasteiger charge is 2.15. The molecule has 35 heavy (non-hydrogen) atoms. The summed E-state index contributed by atoms with van der Waals surface area (Å²) >= 11 is 0. The Kier molecular flexibility index (Phi) is 43.1. The van der Waals surface area contributed by atoms with Crippen molar-refractivity contribution in [2.75, 3.05) is 26.4 Å². The molecule has 0 aliphatic carbocycles. The molecule has 0 amide bonds. The van der Waals surface area contributed by atoms with Gasteiger partial charge in [-0.1, -0.05) is 130 Å². The van der Waals surface area contributed by atoms with Crippen LogP contribution in [0.4, 0.5) is 0 Å². The monoisotopic (exact) mass is 506 g/mol. The molecule has 216 valence electrons. The van der Waals surface area contributed by atoms with Crippen LogP contribution in [0.15, 0.2) is 0 Å². The summed E-state index contributed by atoms with van der Waals surface area (Å²) in [4.78, 5) is 0. The number of hydrogen-bond acceptors (Lipinski definition) is 5. The summed E-state index contributed by atoms with van der Waals surface area (Å²) in [5.74, 6) is 0. The fourth-order valence-electron chi connectivity index (χ4n) is 4.14. The highest BCUT2D eigenvalue weighted by Crippen LogP contribution is 2.21. The zero-order valence-corrected chi connectivity index (χ0v) is 24.3. The molecule has 0 fully saturated rings. The quantitative estimate of drug-likeness (QED) is 0.101. The zero-order valence-electron chi connectivity index (χ0n) is 24.3. The van der Waals surface area contributed by atoms with Gasteiger partial charge in [-0.3, -0.25) is 0 Å². The van der Waals surface area contributed by atoms with E-state index in [-0.39, 0.29) is 26.4 Å². The lowest BCUT2D eigenvalue weighted by atomic mass is 10.0. The molecule has 4 N–H and O–H groups in total. The van der Waals surface area contributed by atoms with Gasteiger partial charge in [0.25, 0.3) is 0 Å². The van der Waals surface area contributed by atoms with Crippen LogP contribution in [0.3, 0.4) is 0 Å². The second-order valence-corrected chi connectivity index (χ2v) is 9.67. The molecule has 0 aromatic carbocycles. The first-order chi connectivity index (χ1) is 17.1. The van der Waals surface area contributed by atoms with E-state index in [1.165, 1.54) is 128 Å². The van der Waals surface area contributed by atoms with Crippen molar-refractivity contribution in [3.05, 3.63) is 0 Å². The van der Waals surface area contributed by atoms with Gasteiger partial charge in [0.15, 0.2) is 0 Å². The fraction of sp³-hybridized carbons (Fsp3) is 1.00. The molecule has 0 radical (unpaired) electrons. The lowest BCUT2D eigenvalue weighted by Gasteiger charge is -2.25. The first-order valence-corrected chi connectivity index (χ1v) is 15.2. The van der Waals surface area contributed by atoms with Gasteiger partial charge >= 0.3 is 0 Å². The summed E-state index contributed by atoms with van der Waals surface area (Å²) in [6, 6.07) is 0. The molecule has 0 saturated carbocycles. The summed E-state index contributed by atoms with van der Waals surface area (Å²) in [6.07, 6.45) is 28.3. The second-order valence-electron chi connectivity index (χ2n) is 9.67. The third-order valence-electron chi connectivity index (χ3n) is 6.07. The van der Waals surface area contributed by atoms with Crippen LogP contribution in [-0.4, -0.2) is 59.1 Å². The maximum absolute atomic E-state index is 7.62. The van der Waals surface area contributed by atoms with E-state index in [1.54, 1.807) is 0 Å². The Bertz CT molecular complexity index is 294. The fourth-order valence-corrected chi connectivity index (χ4v) is 4.14. The summed E-state index contributed by atoms with van der Waals surface area (Å²) in [5, 5.41) is 30.5. The molecule has 0 aromatic heterocycles. The zero-order chi connectivity index (χ0) is 26.8. The molecule has 2 unspecified atom stereocenters. The summed E-state index contributed by atoms with van der Waals surface area (Å²) in [5.41, 5.74) is 0. The van der Waals surface area contributed by atoms with E-state index in [2.05, 4.69) is 27.7 Å². The van der Waals surface area contributed by atoms with Crippen LogP contribution in [0.5, 0.6) is 0 Å². The molecule has 0 saturated heterocycles. The molecule has 0 aromatic rings. The van der Waals surface area contributed by atoms with Gasteiger partial charge in [-0.25, -0.2) is 0 Å². The van der Waals surface area contributed by atoms with Gasteiger partial charge in [-0.2, -0.15) is 0 Å². The van der Waals surface area contributed by atoms with Crippen molar-refractivity contribution in [2.24, 2.45) is 0 Å². The lowest BCUT2D eigenvalue weighted by Crippen LogP contribution is -2.22. The van der Waals surface area contributed by atoms with Crippen LogP contribution in [0.2, 0.25) is 0 Å². The molecule has 0 heterocycles. The number of ether oxygens (including phenoxy) is 1. The molecule has 5 nitrogen and oxygen atoms in total. The third-order valence-corrected chi connectivity index (χ3v) is 6.07. The molecule has 0 aliphatic rings. The van der Waals surface area contributed by atoms with Crippen LogP contribution >= 0.6 is 0 Å². The number of hydrogen-bond donors (Lipinski definition) is 4. The smallest absolute Gasteiger partial charge is 0.0662 e. The van der Waals surface area contributed by atoms with E-state index < -0.39 is 0 Å². The summed E-state index contributed by atoms with van der Waals surface area (Å²) in [6.45, 7) is 8.72. The average molecular weight is 507 g/mol. The van der Waals surface area contributed by atoms with E-state index in [1.807, 2.05) is 0 Å². The van der Waals surface area contributed by atoms with Crippen molar-refractivity contribution in [3.8, 4) is 0 Å². The minimum absolute atomic E-state index is 0.125. The molecule has 5 heteroatoms. The van der Waals surface area contributed by atoms with E-state index in [0.29, 0.717) is 12.2 Å². The predicted octanol–water partition coefficient (Wildman–Crippen LogP) is 7.56. The van der Waals surface area contributed by atoms with Crippen molar-refractivity contribution in [1.29, 1.82) is 0 Å². The van der Waals surface area contributed by atoms with Crippen LogP contribution in [-0.2, 0) is 4.74 Å². The Balaban J connectivity index is -0.00000110. The Hall–Kier alpha value is -0.200. The average Bonchev–Trinajstić information content (AvgIpc) is 2.88. The number of aliphatic hydroxyl groups excluding tert-OH is 4. The van der Waals surface area contributed by atoms with Gasteiger partial charge in [-0.05, 0) is 25.7 Å². The van der Waals surface area contributed by atoms with Crippen molar-refractivity contribution < 1.29 is 25.2 Å². The maximum Gasteiger partial charge on any atom is 0.0662 e. The van der Waals surface area contributed by atoms with E-state index in [4.69, 9.17) is 25.2 Å². The topological polar surface area (TPSA) is 90.2 Å². The number of rotatable bonds is 24. The van der Waals surface area contributed by atoms with Crippen LogP contribution in [0, 0.1) is 0 Å². The molecule has 0 spiro atoms. The van der Waals surface area contributed by atoms with Crippen LogP contribution < -0.4 is 0 Å².